The van der Waals surface area contributed by atoms with Crippen LogP contribution in [0.3, 0.4) is 0 Å². The largest absolute Gasteiger partial charge is 0.383 e. The van der Waals surface area contributed by atoms with E-state index in [2.05, 4.69) is 27.9 Å². The van der Waals surface area contributed by atoms with Crippen molar-refractivity contribution in [2.45, 2.75) is 19.8 Å². The zero-order valence-electron chi connectivity index (χ0n) is 16.1. The lowest BCUT2D eigenvalue weighted by Crippen LogP contribution is -2.23. The number of nitrogens with zero attached hydrogens (tertiary/aromatic N) is 3. The number of pyridine rings is 2. The van der Waals surface area contributed by atoms with Gasteiger partial charge in [0.2, 0.25) is 5.91 Å². The Morgan fingerprint density at radius 1 is 1.07 bits per heavy atom. The highest BCUT2D eigenvalue weighted by Gasteiger charge is 2.21. The standard InChI is InChI=1S/C23H21N5O/c1-14-12-27-23-21(14)18(8-9-25-23)19-11-16(13-26-22(19)24)15-4-6-17(7-5-15)28-10-2-3-20(28)29/h4-9,11-13H,2-3,10H2,1H3,(H2,24,26)(H,25,27). The van der Waals surface area contributed by atoms with E-state index in [9.17, 15) is 4.79 Å². The first kappa shape index (κ1) is 17.4. The minimum Gasteiger partial charge on any atom is -0.383 e. The highest BCUT2D eigenvalue weighted by molar-refractivity contribution is 5.99. The molecular weight excluding hydrogens is 362 g/mol. The molecule has 29 heavy (non-hydrogen) atoms. The molecule has 1 aliphatic rings. The maximum Gasteiger partial charge on any atom is 0.227 e. The summed E-state index contributed by atoms with van der Waals surface area (Å²) in [5.41, 5.74) is 13.1. The number of nitrogen functional groups attached to an aromatic ring is 1. The lowest BCUT2D eigenvalue weighted by Gasteiger charge is -2.16. The fourth-order valence-electron chi connectivity index (χ4n) is 4.05. The molecule has 4 heterocycles. The van der Waals surface area contributed by atoms with E-state index in [1.165, 1.54) is 0 Å². The van der Waals surface area contributed by atoms with Gasteiger partial charge in [-0.05, 0) is 54.3 Å². The zero-order chi connectivity index (χ0) is 20.0. The Balaban J connectivity index is 1.56. The van der Waals surface area contributed by atoms with Crippen molar-refractivity contribution in [2.24, 2.45) is 0 Å². The molecule has 3 aromatic heterocycles. The van der Waals surface area contributed by atoms with Crippen LogP contribution >= 0.6 is 0 Å². The van der Waals surface area contributed by atoms with Crippen LogP contribution in [0, 0.1) is 6.92 Å². The Kier molecular flexibility index (Phi) is 4.05. The zero-order valence-corrected chi connectivity index (χ0v) is 16.1. The number of carbonyl (C=O) groups excluding carboxylic acids is 1. The third-order valence-corrected chi connectivity index (χ3v) is 5.57. The fourth-order valence-corrected chi connectivity index (χ4v) is 4.05. The summed E-state index contributed by atoms with van der Waals surface area (Å²) in [6.07, 6.45) is 7.07. The Bertz CT molecular complexity index is 1230. The van der Waals surface area contributed by atoms with Gasteiger partial charge in [-0.3, -0.25) is 4.79 Å². The van der Waals surface area contributed by atoms with Gasteiger partial charge >= 0.3 is 0 Å². The number of fused-ring (bicyclic) bond motifs is 1. The molecular formula is C23H21N5O. The molecule has 1 aromatic carbocycles. The molecule has 0 radical (unpaired) electrons. The molecule has 0 spiro atoms. The molecule has 0 aliphatic carbocycles. The Labute approximate surface area is 168 Å². The molecule has 6 nitrogen and oxygen atoms in total. The number of rotatable bonds is 3. The van der Waals surface area contributed by atoms with Gasteiger partial charge in [0, 0.05) is 53.8 Å². The van der Waals surface area contributed by atoms with Gasteiger partial charge in [-0.2, -0.15) is 0 Å². The summed E-state index contributed by atoms with van der Waals surface area (Å²) in [6, 6.07) is 12.1. The third-order valence-electron chi connectivity index (χ3n) is 5.57. The number of nitrogens with one attached hydrogen (secondary N) is 1. The molecule has 1 saturated heterocycles. The monoisotopic (exact) mass is 383 g/mol. The average Bonchev–Trinajstić information content (AvgIpc) is 3.34. The summed E-state index contributed by atoms with van der Waals surface area (Å²) in [5.74, 6) is 0.680. The van der Waals surface area contributed by atoms with Crippen molar-refractivity contribution < 1.29 is 4.79 Å². The maximum atomic E-state index is 12.0. The quantitative estimate of drug-likeness (QED) is 0.552. The van der Waals surface area contributed by atoms with Crippen LogP contribution in [-0.4, -0.2) is 27.4 Å². The number of amides is 1. The summed E-state index contributed by atoms with van der Waals surface area (Å²) in [5, 5.41) is 1.06. The van der Waals surface area contributed by atoms with Crippen LogP contribution in [0.1, 0.15) is 18.4 Å². The van der Waals surface area contributed by atoms with E-state index >= 15 is 0 Å². The van der Waals surface area contributed by atoms with Crippen LogP contribution in [0.25, 0.3) is 33.3 Å². The second-order valence-electron chi connectivity index (χ2n) is 7.41. The molecule has 5 rings (SSSR count). The number of H-pyrrole nitrogens is 1. The van der Waals surface area contributed by atoms with Crippen molar-refractivity contribution in [1.82, 2.24) is 15.0 Å². The molecule has 0 saturated carbocycles. The van der Waals surface area contributed by atoms with E-state index in [1.54, 1.807) is 12.4 Å². The Hall–Kier alpha value is -3.67. The number of aromatic nitrogens is 3. The van der Waals surface area contributed by atoms with E-state index in [4.69, 9.17) is 5.73 Å². The topological polar surface area (TPSA) is 87.9 Å². The number of aryl methyl sites for hydroxylation is 1. The van der Waals surface area contributed by atoms with Crippen LogP contribution in [0.15, 0.2) is 55.0 Å². The second-order valence-corrected chi connectivity index (χ2v) is 7.41. The van der Waals surface area contributed by atoms with Crippen molar-refractivity contribution in [3.63, 3.8) is 0 Å². The van der Waals surface area contributed by atoms with Gasteiger partial charge in [0.1, 0.15) is 11.5 Å². The van der Waals surface area contributed by atoms with Gasteiger partial charge in [-0.25, -0.2) is 9.97 Å². The molecule has 144 valence electrons. The highest BCUT2D eigenvalue weighted by atomic mass is 16.2. The van der Waals surface area contributed by atoms with Crippen molar-refractivity contribution in [3.05, 3.63) is 60.6 Å². The van der Waals surface area contributed by atoms with Crippen LogP contribution in [-0.2, 0) is 4.79 Å². The van der Waals surface area contributed by atoms with Gasteiger partial charge in [-0.1, -0.05) is 12.1 Å². The summed E-state index contributed by atoms with van der Waals surface area (Å²) in [7, 11) is 0. The van der Waals surface area contributed by atoms with E-state index in [0.29, 0.717) is 12.2 Å². The minimum absolute atomic E-state index is 0.192. The summed E-state index contributed by atoms with van der Waals surface area (Å²) >= 11 is 0. The number of benzene rings is 1. The Morgan fingerprint density at radius 2 is 1.90 bits per heavy atom. The van der Waals surface area contributed by atoms with Gasteiger partial charge < -0.3 is 15.6 Å². The molecule has 0 bridgehead atoms. The van der Waals surface area contributed by atoms with Gasteiger partial charge in [0.05, 0.1) is 0 Å². The van der Waals surface area contributed by atoms with E-state index in [1.807, 2.05) is 41.4 Å². The van der Waals surface area contributed by atoms with Gasteiger partial charge in [-0.15, -0.1) is 0 Å². The molecule has 6 heteroatoms. The Morgan fingerprint density at radius 3 is 2.66 bits per heavy atom. The van der Waals surface area contributed by atoms with E-state index in [-0.39, 0.29) is 5.91 Å². The fraction of sp³-hybridized carbons (Fsp3) is 0.174. The van der Waals surface area contributed by atoms with Crippen LogP contribution < -0.4 is 10.6 Å². The number of aromatic amines is 1. The molecule has 0 atom stereocenters. The number of hydrogen-bond acceptors (Lipinski definition) is 4. The van der Waals surface area contributed by atoms with Crippen LogP contribution in [0.5, 0.6) is 0 Å². The molecule has 1 aliphatic heterocycles. The summed E-state index contributed by atoms with van der Waals surface area (Å²) < 4.78 is 0. The SMILES string of the molecule is Cc1c[nH]c2nccc(-c3cc(-c4ccc(N5CCCC5=O)cc4)cnc3N)c12. The predicted octanol–water partition coefficient (Wildman–Crippen LogP) is 4.31. The summed E-state index contributed by atoms with van der Waals surface area (Å²) in [4.78, 5) is 25.9. The normalized spacial score (nSPS) is 14.1. The molecule has 1 amide bonds. The number of carbonyl (C=O) groups is 1. The average molecular weight is 383 g/mol. The molecule has 1 fully saturated rings. The van der Waals surface area contributed by atoms with Crippen molar-refractivity contribution in [3.8, 4) is 22.3 Å². The van der Waals surface area contributed by atoms with E-state index in [0.717, 1.165) is 57.5 Å². The first-order chi connectivity index (χ1) is 14.1. The van der Waals surface area contributed by atoms with E-state index < -0.39 is 0 Å². The van der Waals surface area contributed by atoms with Gasteiger partial charge in [0.25, 0.3) is 0 Å². The minimum atomic E-state index is 0.192. The number of nitrogens with two attached hydrogens (primary N) is 1. The highest BCUT2D eigenvalue weighted by Crippen LogP contribution is 2.35. The first-order valence-electron chi connectivity index (χ1n) is 9.71. The number of hydrogen-bond donors (Lipinski definition) is 2. The number of anilines is 2. The molecule has 0 unspecified atom stereocenters. The van der Waals surface area contributed by atoms with Crippen molar-refractivity contribution in [2.75, 3.05) is 17.2 Å². The second kappa shape index (κ2) is 6.74. The van der Waals surface area contributed by atoms with Gasteiger partial charge in [0.15, 0.2) is 0 Å². The molecule has 4 aromatic rings. The first-order valence-corrected chi connectivity index (χ1v) is 9.71. The lowest BCUT2D eigenvalue weighted by molar-refractivity contribution is -0.117. The molecule has 3 N–H and O–H groups in total. The smallest absolute Gasteiger partial charge is 0.227 e. The predicted molar refractivity (Wildman–Crippen MR) is 115 cm³/mol. The lowest BCUT2D eigenvalue weighted by atomic mass is 9.98. The summed E-state index contributed by atoms with van der Waals surface area (Å²) in [6.45, 7) is 2.84. The van der Waals surface area contributed by atoms with Crippen LogP contribution in [0.4, 0.5) is 11.5 Å². The van der Waals surface area contributed by atoms with Crippen molar-refractivity contribution >= 4 is 28.4 Å². The maximum absolute atomic E-state index is 12.0. The van der Waals surface area contributed by atoms with Crippen LogP contribution in [0.2, 0.25) is 0 Å². The third kappa shape index (κ3) is 2.93. The van der Waals surface area contributed by atoms with Crippen molar-refractivity contribution in [1.29, 1.82) is 0 Å².